The lowest BCUT2D eigenvalue weighted by atomic mass is 10.0. The predicted octanol–water partition coefficient (Wildman–Crippen LogP) is 6.10. The van der Waals surface area contributed by atoms with Crippen molar-refractivity contribution in [1.29, 1.82) is 0 Å². The minimum absolute atomic E-state index is 0.0429. The van der Waals surface area contributed by atoms with Crippen molar-refractivity contribution in [1.82, 2.24) is 0 Å². The van der Waals surface area contributed by atoms with E-state index >= 15 is 0 Å². The highest BCUT2D eigenvalue weighted by Gasteiger charge is 2.41. The standard InChI is InChI=1S/C29H30N2O3/c1-17(2)34-24-11-9-22(10-12-24)26-27(30-23-14-19(4)13-20(5)15-23)29(33)31(28(26)32)25-16-18(3)7-8-21(25)6/h7-17,30H,1-6H3. The minimum Gasteiger partial charge on any atom is -0.491 e. The molecular formula is C29H30N2O3. The van der Waals surface area contributed by atoms with Crippen molar-refractivity contribution in [2.75, 3.05) is 10.2 Å². The van der Waals surface area contributed by atoms with Crippen LogP contribution in [0.3, 0.4) is 0 Å². The van der Waals surface area contributed by atoms with E-state index in [1.54, 1.807) is 0 Å². The number of carbonyl (C=O) groups excluding carboxylic acids is 2. The van der Waals surface area contributed by atoms with Crippen molar-refractivity contribution < 1.29 is 14.3 Å². The lowest BCUT2D eigenvalue weighted by Gasteiger charge is -2.18. The summed E-state index contributed by atoms with van der Waals surface area (Å²) in [5.74, 6) is 0.00444. The number of rotatable bonds is 6. The highest BCUT2D eigenvalue weighted by atomic mass is 16.5. The van der Waals surface area contributed by atoms with E-state index in [0.29, 0.717) is 22.6 Å². The molecule has 3 aromatic carbocycles. The molecule has 0 spiro atoms. The number of aryl methyl sites for hydroxylation is 4. The van der Waals surface area contributed by atoms with Crippen LogP contribution in [0, 0.1) is 27.7 Å². The highest BCUT2D eigenvalue weighted by Crippen LogP contribution is 2.36. The Labute approximate surface area is 201 Å². The lowest BCUT2D eigenvalue weighted by Crippen LogP contribution is -2.33. The first kappa shape index (κ1) is 23.3. The highest BCUT2D eigenvalue weighted by molar-refractivity contribution is 6.46. The molecule has 0 bridgehead atoms. The molecule has 1 aliphatic rings. The Morgan fingerprint density at radius 2 is 1.41 bits per heavy atom. The maximum absolute atomic E-state index is 13.8. The van der Waals surface area contributed by atoms with E-state index < -0.39 is 0 Å². The Kier molecular flexibility index (Phi) is 6.29. The Morgan fingerprint density at radius 1 is 0.765 bits per heavy atom. The molecule has 0 atom stereocenters. The number of nitrogens with zero attached hydrogens (tertiary/aromatic N) is 1. The van der Waals surface area contributed by atoms with Crippen molar-refractivity contribution in [2.24, 2.45) is 0 Å². The lowest BCUT2D eigenvalue weighted by molar-refractivity contribution is -0.120. The third-order valence-electron chi connectivity index (χ3n) is 5.70. The fourth-order valence-electron chi connectivity index (χ4n) is 4.26. The van der Waals surface area contributed by atoms with E-state index in [4.69, 9.17) is 4.74 Å². The second-order valence-electron chi connectivity index (χ2n) is 9.18. The molecule has 2 amide bonds. The summed E-state index contributed by atoms with van der Waals surface area (Å²) >= 11 is 0. The van der Waals surface area contributed by atoms with E-state index in [1.165, 1.54) is 4.90 Å². The van der Waals surface area contributed by atoms with Crippen molar-refractivity contribution in [3.05, 3.63) is 94.2 Å². The monoisotopic (exact) mass is 454 g/mol. The number of ether oxygens (including phenoxy) is 1. The summed E-state index contributed by atoms with van der Waals surface area (Å²) in [6.45, 7) is 11.8. The molecule has 1 aliphatic heterocycles. The molecule has 5 heteroatoms. The van der Waals surface area contributed by atoms with Crippen LogP contribution in [-0.2, 0) is 9.59 Å². The zero-order valence-corrected chi connectivity index (χ0v) is 20.5. The summed E-state index contributed by atoms with van der Waals surface area (Å²) in [5, 5.41) is 3.27. The molecular weight excluding hydrogens is 424 g/mol. The second kappa shape index (κ2) is 9.18. The van der Waals surface area contributed by atoms with E-state index in [-0.39, 0.29) is 23.6 Å². The van der Waals surface area contributed by atoms with E-state index in [1.807, 2.05) is 96.1 Å². The van der Waals surface area contributed by atoms with Crippen LogP contribution in [0.1, 0.15) is 41.7 Å². The van der Waals surface area contributed by atoms with Crippen LogP contribution < -0.4 is 15.0 Å². The van der Waals surface area contributed by atoms with Gasteiger partial charge in [0, 0.05) is 5.69 Å². The van der Waals surface area contributed by atoms with Gasteiger partial charge >= 0.3 is 0 Å². The largest absolute Gasteiger partial charge is 0.491 e. The summed E-state index contributed by atoms with van der Waals surface area (Å²) < 4.78 is 5.75. The molecule has 5 nitrogen and oxygen atoms in total. The van der Waals surface area contributed by atoms with Crippen molar-refractivity contribution in [3.63, 3.8) is 0 Å². The molecule has 1 N–H and O–H groups in total. The zero-order valence-electron chi connectivity index (χ0n) is 20.5. The number of anilines is 2. The summed E-state index contributed by atoms with van der Waals surface area (Å²) in [5.41, 5.74) is 6.64. The molecule has 0 radical (unpaired) electrons. The Bertz CT molecular complexity index is 1280. The van der Waals surface area contributed by atoms with Crippen LogP contribution in [-0.4, -0.2) is 17.9 Å². The van der Waals surface area contributed by atoms with Gasteiger partial charge in [0.2, 0.25) is 0 Å². The van der Waals surface area contributed by atoms with Gasteiger partial charge in [0.15, 0.2) is 0 Å². The fraction of sp³-hybridized carbons (Fsp3) is 0.241. The van der Waals surface area contributed by atoms with Crippen LogP contribution in [0.5, 0.6) is 5.75 Å². The first-order chi connectivity index (χ1) is 16.1. The zero-order chi connectivity index (χ0) is 24.6. The Balaban J connectivity index is 1.82. The number of hydrogen-bond donors (Lipinski definition) is 1. The average molecular weight is 455 g/mol. The maximum Gasteiger partial charge on any atom is 0.282 e. The summed E-state index contributed by atoms with van der Waals surface area (Å²) in [7, 11) is 0. The number of benzene rings is 3. The van der Waals surface area contributed by atoms with Gasteiger partial charge in [-0.15, -0.1) is 0 Å². The number of amides is 2. The van der Waals surface area contributed by atoms with Gasteiger partial charge in [-0.3, -0.25) is 9.59 Å². The molecule has 3 aromatic rings. The number of nitrogens with one attached hydrogen (secondary N) is 1. The smallest absolute Gasteiger partial charge is 0.282 e. The van der Waals surface area contributed by atoms with Gasteiger partial charge in [0.05, 0.1) is 17.4 Å². The van der Waals surface area contributed by atoms with Crippen LogP contribution in [0.4, 0.5) is 11.4 Å². The molecule has 0 aromatic heterocycles. The molecule has 34 heavy (non-hydrogen) atoms. The number of imide groups is 1. The van der Waals surface area contributed by atoms with Gasteiger partial charge in [-0.25, -0.2) is 4.90 Å². The van der Waals surface area contributed by atoms with Gasteiger partial charge in [0.25, 0.3) is 11.8 Å². The van der Waals surface area contributed by atoms with Gasteiger partial charge in [-0.1, -0.05) is 30.3 Å². The molecule has 0 aliphatic carbocycles. The van der Waals surface area contributed by atoms with Crippen molar-refractivity contribution in [3.8, 4) is 5.75 Å². The van der Waals surface area contributed by atoms with Gasteiger partial charge in [-0.2, -0.15) is 0 Å². The molecule has 0 saturated heterocycles. The first-order valence-electron chi connectivity index (χ1n) is 11.5. The summed E-state index contributed by atoms with van der Waals surface area (Å²) in [6.07, 6.45) is 0.0429. The van der Waals surface area contributed by atoms with Gasteiger partial charge in [0.1, 0.15) is 11.4 Å². The van der Waals surface area contributed by atoms with Crippen LogP contribution in [0.25, 0.3) is 5.57 Å². The quantitative estimate of drug-likeness (QED) is 0.457. The third kappa shape index (κ3) is 4.60. The number of carbonyl (C=O) groups is 2. The third-order valence-corrected chi connectivity index (χ3v) is 5.70. The van der Waals surface area contributed by atoms with E-state index in [0.717, 1.165) is 27.9 Å². The van der Waals surface area contributed by atoms with Crippen LogP contribution in [0.15, 0.2) is 66.4 Å². The molecule has 0 unspecified atom stereocenters. The van der Waals surface area contributed by atoms with Gasteiger partial charge in [-0.05, 0) is 99.7 Å². The first-order valence-corrected chi connectivity index (χ1v) is 11.5. The topological polar surface area (TPSA) is 58.6 Å². The van der Waals surface area contributed by atoms with E-state index in [2.05, 4.69) is 11.4 Å². The molecule has 0 saturated carbocycles. The Hall–Kier alpha value is -3.86. The summed E-state index contributed by atoms with van der Waals surface area (Å²) in [4.78, 5) is 28.7. The Morgan fingerprint density at radius 3 is 2.03 bits per heavy atom. The van der Waals surface area contributed by atoms with E-state index in [9.17, 15) is 9.59 Å². The average Bonchev–Trinajstić information content (AvgIpc) is 2.99. The minimum atomic E-state index is -0.365. The van der Waals surface area contributed by atoms with Crippen LogP contribution in [0.2, 0.25) is 0 Å². The predicted molar refractivity (Wildman–Crippen MR) is 137 cm³/mol. The second-order valence-corrected chi connectivity index (χ2v) is 9.18. The van der Waals surface area contributed by atoms with Crippen molar-refractivity contribution >= 4 is 28.8 Å². The van der Waals surface area contributed by atoms with Gasteiger partial charge < -0.3 is 10.1 Å². The molecule has 0 fully saturated rings. The summed E-state index contributed by atoms with van der Waals surface area (Å²) in [6, 6.07) is 19.1. The SMILES string of the molecule is Cc1cc(C)cc(NC2=C(c3ccc(OC(C)C)cc3)C(=O)N(c3cc(C)ccc3C)C2=O)c1. The molecule has 174 valence electrons. The molecule has 4 rings (SSSR count). The normalized spacial score (nSPS) is 13.8. The molecule has 1 heterocycles. The fourth-order valence-corrected chi connectivity index (χ4v) is 4.26. The maximum atomic E-state index is 13.8. The van der Waals surface area contributed by atoms with Crippen molar-refractivity contribution in [2.45, 2.75) is 47.6 Å². The number of hydrogen-bond acceptors (Lipinski definition) is 4. The van der Waals surface area contributed by atoms with Crippen LogP contribution >= 0.6 is 0 Å².